The third-order valence-electron chi connectivity index (χ3n) is 4.53. The van der Waals surface area contributed by atoms with Crippen LogP contribution in [0.2, 0.25) is 0 Å². The molecule has 1 saturated heterocycles. The molecule has 1 aromatic rings. The molecule has 1 fully saturated rings. The van der Waals surface area contributed by atoms with Crippen LogP contribution >= 0.6 is 0 Å². The molecule has 98 valence electrons. The van der Waals surface area contributed by atoms with Crippen LogP contribution in [0.15, 0.2) is 24.3 Å². The molecule has 3 nitrogen and oxygen atoms in total. The Labute approximate surface area is 109 Å². The zero-order chi connectivity index (χ0) is 12.7. The van der Waals surface area contributed by atoms with Crippen molar-refractivity contribution in [3.05, 3.63) is 35.4 Å². The molecule has 1 aliphatic carbocycles. The van der Waals surface area contributed by atoms with Crippen molar-refractivity contribution in [1.82, 2.24) is 9.80 Å². The van der Waals surface area contributed by atoms with Crippen LogP contribution in [-0.2, 0) is 0 Å². The van der Waals surface area contributed by atoms with Gasteiger partial charge in [0.15, 0.2) is 0 Å². The zero-order valence-corrected chi connectivity index (χ0v) is 11.2. The van der Waals surface area contributed by atoms with E-state index in [0.29, 0.717) is 17.9 Å². The van der Waals surface area contributed by atoms with E-state index in [-0.39, 0.29) is 6.61 Å². The molecule has 1 aliphatic heterocycles. The van der Waals surface area contributed by atoms with E-state index in [0.717, 1.165) is 19.6 Å². The summed E-state index contributed by atoms with van der Waals surface area (Å²) in [5, 5.41) is 9.11. The largest absolute Gasteiger partial charge is 0.395 e. The van der Waals surface area contributed by atoms with Crippen molar-refractivity contribution in [3.63, 3.8) is 0 Å². The fraction of sp³-hybridized carbons (Fsp3) is 0.600. The number of aliphatic hydroxyl groups excluding tert-OH is 1. The molecule has 0 unspecified atom stereocenters. The lowest BCUT2D eigenvalue weighted by molar-refractivity contribution is 0.191. The van der Waals surface area contributed by atoms with Crippen LogP contribution in [-0.4, -0.2) is 55.2 Å². The molecule has 18 heavy (non-hydrogen) atoms. The van der Waals surface area contributed by atoms with Gasteiger partial charge in [0, 0.05) is 31.6 Å². The van der Waals surface area contributed by atoms with Crippen LogP contribution in [0.25, 0.3) is 0 Å². The molecule has 3 rings (SSSR count). The minimum atomic E-state index is 0.272. The lowest BCUT2D eigenvalue weighted by Crippen LogP contribution is -2.30. The summed E-state index contributed by atoms with van der Waals surface area (Å²) in [5.41, 5.74) is 3.04. The van der Waals surface area contributed by atoms with Gasteiger partial charge in [-0.2, -0.15) is 0 Å². The van der Waals surface area contributed by atoms with Crippen molar-refractivity contribution >= 4 is 0 Å². The van der Waals surface area contributed by atoms with Crippen molar-refractivity contribution in [1.29, 1.82) is 0 Å². The molecule has 1 heterocycles. The number of β-amino-alcohol motifs (C(OH)–C–C–N with tert-alkyl or cyclic N) is 1. The first-order valence-electron chi connectivity index (χ1n) is 6.81. The highest BCUT2D eigenvalue weighted by Gasteiger charge is 2.46. The lowest BCUT2D eigenvalue weighted by atomic mass is 9.94. The Morgan fingerprint density at radius 3 is 2.61 bits per heavy atom. The maximum Gasteiger partial charge on any atom is 0.0558 e. The third-order valence-corrected chi connectivity index (χ3v) is 4.53. The fourth-order valence-electron chi connectivity index (χ4n) is 3.90. The quantitative estimate of drug-likeness (QED) is 0.871. The summed E-state index contributed by atoms with van der Waals surface area (Å²) >= 11 is 0. The predicted octanol–water partition coefficient (Wildman–Crippen LogP) is 1.31. The second kappa shape index (κ2) is 4.65. The monoisotopic (exact) mass is 246 g/mol. The topological polar surface area (TPSA) is 26.7 Å². The summed E-state index contributed by atoms with van der Waals surface area (Å²) in [6.45, 7) is 3.30. The molecular formula is C15H22N2O. The summed E-state index contributed by atoms with van der Waals surface area (Å²) in [5.74, 6) is 1.34. The summed E-state index contributed by atoms with van der Waals surface area (Å²) in [6, 6.07) is 9.42. The Balaban J connectivity index is 1.93. The molecule has 1 N–H and O–H groups in total. The standard InChI is InChI=1S/C15H22N2O/c1-16(2)15-12-6-4-3-5-11(12)13-9-17(7-8-18)10-14(13)15/h3-6,13-15,18H,7-10H2,1-2H3/t13-,14-,15-/m0/s1. The first kappa shape index (κ1) is 12.2. The van der Waals surface area contributed by atoms with Crippen LogP contribution in [0.4, 0.5) is 0 Å². The van der Waals surface area contributed by atoms with Gasteiger partial charge in [-0.05, 0) is 31.1 Å². The number of hydrogen-bond acceptors (Lipinski definition) is 3. The van der Waals surface area contributed by atoms with Crippen molar-refractivity contribution in [2.45, 2.75) is 12.0 Å². The van der Waals surface area contributed by atoms with E-state index in [1.807, 2.05) is 0 Å². The minimum absolute atomic E-state index is 0.272. The molecule has 0 radical (unpaired) electrons. The fourth-order valence-corrected chi connectivity index (χ4v) is 3.90. The van der Waals surface area contributed by atoms with E-state index >= 15 is 0 Å². The normalized spacial score (nSPS) is 30.8. The Morgan fingerprint density at radius 2 is 1.94 bits per heavy atom. The second-order valence-corrected chi connectivity index (χ2v) is 5.79. The van der Waals surface area contributed by atoms with E-state index in [1.54, 1.807) is 0 Å². The van der Waals surface area contributed by atoms with E-state index in [2.05, 4.69) is 48.2 Å². The Bertz CT molecular complexity index is 432. The highest BCUT2D eigenvalue weighted by atomic mass is 16.3. The molecule has 0 bridgehead atoms. The molecule has 3 atom stereocenters. The molecule has 1 aromatic carbocycles. The van der Waals surface area contributed by atoms with Gasteiger partial charge in [-0.15, -0.1) is 0 Å². The predicted molar refractivity (Wildman–Crippen MR) is 72.6 cm³/mol. The SMILES string of the molecule is CN(C)[C@H]1c2ccccc2[C@@H]2CN(CCO)C[C@@H]21. The van der Waals surface area contributed by atoms with Gasteiger partial charge in [-0.1, -0.05) is 24.3 Å². The van der Waals surface area contributed by atoms with Crippen LogP contribution in [0, 0.1) is 5.92 Å². The number of likely N-dealkylation sites (tertiary alicyclic amines) is 1. The molecule has 0 aromatic heterocycles. The van der Waals surface area contributed by atoms with Gasteiger partial charge in [0.2, 0.25) is 0 Å². The highest BCUT2D eigenvalue weighted by molar-refractivity contribution is 5.41. The van der Waals surface area contributed by atoms with Crippen molar-refractivity contribution < 1.29 is 5.11 Å². The van der Waals surface area contributed by atoms with E-state index in [9.17, 15) is 0 Å². The van der Waals surface area contributed by atoms with E-state index < -0.39 is 0 Å². The van der Waals surface area contributed by atoms with Gasteiger partial charge in [0.25, 0.3) is 0 Å². The molecule has 3 heteroatoms. The summed E-state index contributed by atoms with van der Waals surface area (Å²) in [6.07, 6.45) is 0. The maximum atomic E-state index is 9.11. The van der Waals surface area contributed by atoms with Crippen LogP contribution in [0.1, 0.15) is 23.1 Å². The van der Waals surface area contributed by atoms with Crippen LogP contribution in [0.5, 0.6) is 0 Å². The first-order valence-corrected chi connectivity index (χ1v) is 6.81. The molecule has 2 aliphatic rings. The lowest BCUT2D eigenvalue weighted by Gasteiger charge is -2.27. The first-order chi connectivity index (χ1) is 8.72. The van der Waals surface area contributed by atoms with Crippen LogP contribution in [0.3, 0.4) is 0 Å². The van der Waals surface area contributed by atoms with Crippen molar-refractivity contribution in [2.24, 2.45) is 5.92 Å². The average Bonchev–Trinajstić information content (AvgIpc) is 2.85. The molecule has 0 saturated carbocycles. The smallest absolute Gasteiger partial charge is 0.0558 e. The summed E-state index contributed by atoms with van der Waals surface area (Å²) in [7, 11) is 4.36. The molecular weight excluding hydrogens is 224 g/mol. The third kappa shape index (κ3) is 1.78. The van der Waals surface area contributed by atoms with E-state index in [1.165, 1.54) is 11.1 Å². The molecule has 0 amide bonds. The van der Waals surface area contributed by atoms with Gasteiger partial charge < -0.3 is 14.9 Å². The Hall–Kier alpha value is -0.900. The maximum absolute atomic E-state index is 9.11. The minimum Gasteiger partial charge on any atom is -0.395 e. The average molecular weight is 246 g/mol. The number of hydrogen-bond donors (Lipinski definition) is 1. The van der Waals surface area contributed by atoms with Gasteiger partial charge in [-0.3, -0.25) is 0 Å². The number of nitrogens with zero attached hydrogens (tertiary/aromatic N) is 2. The van der Waals surface area contributed by atoms with Gasteiger partial charge in [0.1, 0.15) is 0 Å². The number of benzene rings is 1. The van der Waals surface area contributed by atoms with Crippen LogP contribution < -0.4 is 0 Å². The number of fused-ring (bicyclic) bond motifs is 3. The Kier molecular flexibility index (Phi) is 3.14. The molecule has 0 spiro atoms. The zero-order valence-electron chi connectivity index (χ0n) is 11.2. The summed E-state index contributed by atoms with van der Waals surface area (Å²) < 4.78 is 0. The van der Waals surface area contributed by atoms with Gasteiger partial charge >= 0.3 is 0 Å². The number of rotatable bonds is 3. The summed E-state index contributed by atoms with van der Waals surface area (Å²) in [4.78, 5) is 4.76. The number of aliphatic hydroxyl groups is 1. The van der Waals surface area contributed by atoms with E-state index in [4.69, 9.17) is 5.11 Å². The second-order valence-electron chi connectivity index (χ2n) is 5.79. The van der Waals surface area contributed by atoms with Gasteiger partial charge in [0.05, 0.1) is 6.61 Å². The van der Waals surface area contributed by atoms with Crippen molar-refractivity contribution in [2.75, 3.05) is 40.3 Å². The van der Waals surface area contributed by atoms with Crippen molar-refractivity contribution in [3.8, 4) is 0 Å². The Morgan fingerprint density at radius 1 is 1.22 bits per heavy atom. The van der Waals surface area contributed by atoms with Gasteiger partial charge in [-0.25, -0.2) is 0 Å². The highest BCUT2D eigenvalue weighted by Crippen LogP contribution is 2.50.